The van der Waals surface area contributed by atoms with Crippen LogP contribution in [0.2, 0.25) is 0 Å². The van der Waals surface area contributed by atoms with Gasteiger partial charge in [0.15, 0.2) is 5.69 Å². The monoisotopic (exact) mass is 259 g/mol. The Kier molecular flexibility index (Phi) is 2.75. The second kappa shape index (κ2) is 4.17. The lowest BCUT2D eigenvalue weighted by Crippen LogP contribution is -2.27. The van der Waals surface area contributed by atoms with Gasteiger partial charge in [-0.2, -0.15) is 13.2 Å². The van der Waals surface area contributed by atoms with Gasteiger partial charge in [-0.3, -0.25) is 0 Å². The van der Waals surface area contributed by atoms with E-state index in [1.54, 1.807) is 4.57 Å². The molecule has 0 amide bonds. The Morgan fingerprint density at radius 2 is 1.94 bits per heavy atom. The minimum Gasteiger partial charge on any atom is -0.356 e. The number of rotatable bonds is 1. The predicted octanol–water partition coefficient (Wildman–Crippen LogP) is 3.45. The SMILES string of the molecule is FC(F)(F)c1cn2c(n1)NCCC2C1CCCC1. The van der Waals surface area contributed by atoms with Crippen LogP contribution in [0.15, 0.2) is 6.20 Å². The largest absolute Gasteiger partial charge is 0.434 e. The zero-order chi connectivity index (χ0) is 12.8. The third kappa shape index (κ3) is 1.97. The summed E-state index contributed by atoms with van der Waals surface area (Å²) in [5.74, 6) is 0.895. The average Bonchev–Trinajstić information content (AvgIpc) is 2.96. The van der Waals surface area contributed by atoms with Gasteiger partial charge in [-0.15, -0.1) is 0 Å². The highest BCUT2D eigenvalue weighted by Crippen LogP contribution is 2.40. The quantitative estimate of drug-likeness (QED) is 0.837. The third-order valence-corrected chi connectivity index (χ3v) is 4.05. The number of hydrogen-bond donors (Lipinski definition) is 1. The van der Waals surface area contributed by atoms with Crippen molar-refractivity contribution in [2.24, 2.45) is 5.92 Å². The molecule has 1 saturated carbocycles. The van der Waals surface area contributed by atoms with Gasteiger partial charge in [0, 0.05) is 18.8 Å². The molecule has 2 aliphatic rings. The number of anilines is 1. The molecule has 0 aromatic carbocycles. The summed E-state index contributed by atoms with van der Waals surface area (Å²) in [4.78, 5) is 3.67. The number of aromatic nitrogens is 2. The predicted molar refractivity (Wildman–Crippen MR) is 61.3 cm³/mol. The maximum atomic E-state index is 12.7. The van der Waals surface area contributed by atoms with Crippen LogP contribution >= 0.6 is 0 Å². The topological polar surface area (TPSA) is 29.9 Å². The molecule has 100 valence electrons. The molecular formula is C12H16F3N3. The van der Waals surface area contributed by atoms with Crippen LogP contribution in [0, 0.1) is 5.92 Å². The molecule has 1 aromatic rings. The van der Waals surface area contributed by atoms with E-state index in [9.17, 15) is 13.2 Å². The maximum absolute atomic E-state index is 12.7. The van der Waals surface area contributed by atoms with Crippen molar-refractivity contribution in [2.75, 3.05) is 11.9 Å². The van der Waals surface area contributed by atoms with Gasteiger partial charge >= 0.3 is 6.18 Å². The molecule has 1 N–H and O–H groups in total. The Bertz CT molecular complexity index is 432. The average molecular weight is 259 g/mol. The highest BCUT2D eigenvalue weighted by Gasteiger charge is 2.38. The molecule has 18 heavy (non-hydrogen) atoms. The molecule has 0 spiro atoms. The fraction of sp³-hybridized carbons (Fsp3) is 0.750. The fourth-order valence-electron chi connectivity index (χ4n) is 3.19. The lowest BCUT2D eigenvalue weighted by atomic mass is 9.94. The third-order valence-electron chi connectivity index (χ3n) is 4.05. The molecule has 0 bridgehead atoms. The second-order valence-electron chi connectivity index (χ2n) is 5.18. The first kappa shape index (κ1) is 11.9. The Labute approximate surface area is 103 Å². The van der Waals surface area contributed by atoms with Gasteiger partial charge in [-0.1, -0.05) is 12.8 Å². The summed E-state index contributed by atoms with van der Waals surface area (Å²) in [6, 6.07) is 0.187. The Hall–Kier alpha value is -1.20. The van der Waals surface area contributed by atoms with Gasteiger partial charge in [-0.25, -0.2) is 4.98 Å². The highest BCUT2D eigenvalue weighted by molar-refractivity contribution is 5.33. The van der Waals surface area contributed by atoms with Gasteiger partial charge in [-0.05, 0) is 25.2 Å². The lowest BCUT2D eigenvalue weighted by molar-refractivity contribution is -0.140. The van der Waals surface area contributed by atoms with Crippen molar-refractivity contribution in [1.29, 1.82) is 0 Å². The van der Waals surface area contributed by atoms with Gasteiger partial charge in [0.2, 0.25) is 5.95 Å². The molecule has 1 aliphatic heterocycles. The van der Waals surface area contributed by atoms with Crippen molar-refractivity contribution in [2.45, 2.75) is 44.3 Å². The lowest BCUT2D eigenvalue weighted by Gasteiger charge is -2.30. The Balaban J connectivity index is 1.92. The second-order valence-corrected chi connectivity index (χ2v) is 5.18. The normalized spacial score (nSPS) is 24.9. The van der Waals surface area contributed by atoms with Crippen molar-refractivity contribution < 1.29 is 13.2 Å². The molecule has 3 nitrogen and oxygen atoms in total. The summed E-state index contributed by atoms with van der Waals surface area (Å²) in [6.45, 7) is 0.718. The molecule has 1 aromatic heterocycles. The molecule has 1 atom stereocenters. The summed E-state index contributed by atoms with van der Waals surface area (Å²) in [6.07, 6.45) is 2.37. The Morgan fingerprint density at radius 3 is 2.61 bits per heavy atom. The van der Waals surface area contributed by atoms with E-state index in [-0.39, 0.29) is 6.04 Å². The molecule has 1 fully saturated rings. The number of fused-ring (bicyclic) bond motifs is 1. The van der Waals surface area contributed by atoms with Crippen molar-refractivity contribution in [3.63, 3.8) is 0 Å². The number of halogens is 3. The maximum Gasteiger partial charge on any atom is 0.434 e. The fourth-order valence-corrected chi connectivity index (χ4v) is 3.19. The first-order valence-corrected chi connectivity index (χ1v) is 6.45. The van der Waals surface area contributed by atoms with Crippen LogP contribution in [0.25, 0.3) is 0 Å². The smallest absolute Gasteiger partial charge is 0.356 e. The summed E-state index contributed by atoms with van der Waals surface area (Å²) < 4.78 is 39.7. The first-order valence-electron chi connectivity index (χ1n) is 6.45. The summed E-state index contributed by atoms with van der Waals surface area (Å²) in [7, 11) is 0. The molecule has 6 heteroatoms. The van der Waals surface area contributed by atoms with E-state index < -0.39 is 11.9 Å². The number of hydrogen-bond acceptors (Lipinski definition) is 2. The minimum atomic E-state index is -4.35. The molecule has 0 radical (unpaired) electrons. The van der Waals surface area contributed by atoms with Crippen molar-refractivity contribution in [3.8, 4) is 0 Å². The van der Waals surface area contributed by atoms with Gasteiger partial charge in [0.05, 0.1) is 0 Å². The van der Waals surface area contributed by atoms with E-state index in [1.165, 1.54) is 19.0 Å². The van der Waals surface area contributed by atoms with Gasteiger partial charge < -0.3 is 9.88 Å². The number of nitrogens with zero attached hydrogens (tertiary/aromatic N) is 2. The first-order chi connectivity index (χ1) is 8.55. The molecule has 1 unspecified atom stereocenters. The summed E-state index contributed by atoms with van der Waals surface area (Å²) in [5, 5.41) is 2.96. The molecular weight excluding hydrogens is 243 g/mol. The van der Waals surface area contributed by atoms with Gasteiger partial charge in [0.25, 0.3) is 0 Å². The van der Waals surface area contributed by atoms with Crippen LogP contribution in [0.4, 0.5) is 19.1 Å². The number of imidazole rings is 1. The van der Waals surface area contributed by atoms with Crippen LogP contribution in [0.1, 0.15) is 43.8 Å². The molecule has 1 aliphatic carbocycles. The highest BCUT2D eigenvalue weighted by atomic mass is 19.4. The van der Waals surface area contributed by atoms with Crippen LogP contribution < -0.4 is 5.32 Å². The van der Waals surface area contributed by atoms with Gasteiger partial charge in [0.1, 0.15) is 0 Å². The zero-order valence-electron chi connectivity index (χ0n) is 10.0. The van der Waals surface area contributed by atoms with Crippen LogP contribution in [-0.2, 0) is 6.18 Å². The molecule has 3 rings (SSSR count). The summed E-state index contributed by atoms with van der Waals surface area (Å²) in [5.41, 5.74) is -0.783. The van der Waals surface area contributed by atoms with Crippen LogP contribution in [0.3, 0.4) is 0 Å². The standard InChI is InChI=1S/C12H16F3N3/c13-12(14,15)10-7-18-9(8-3-1-2-4-8)5-6-16-11(18)17-10/h7-9H,1-6H2,(H,16,17). The Morgan fingerprint density at radius 1 is 1.22 bits per heavy atom. The zero-order valence-corrected chi connectivity index (χ0v) is 10.0. The minimum absolute atomic E-state index is 0.187. The van der Waals surface area contributed by atoms with Crippen LogP contribution in [0.5, 0.6) is 0 Å². The van der Waals surface area contributed by atoms with Crippen molar-refractivity contribution in [1.82, 2.24) is 9.55 Å². The molecule has 0 saturated heterocycles. The van der Waals surface area contributed by atoms with Crippen molar-refractivity contribution in [3.05, 3.63) is 11.9 Å². The van der Waals surface area contributed by atoms with E-state index >= 15 is 0 Å². The summed E-state index contributed by atoms with van der Waals surface area (Å²) >= 11 is 0. The van der Waals surface area contributed by atoms with Crippen molar-refractivity contribution >= 4 is 5.95 Å². The van der Waals surface area contributed by atoms with Crippen LogP contribution in [-0.4, -0.2) is 16.1 Å². The molecule has 2 heterocycles. The number of nitrogens with one attached hydrogen (secondary N) is 1. The van der Waals surface area contributed by atoms with E-state index in [4.69, 9.17) is 0 Å². The van der Waals surface area contributed by atoms with E-state index in [2.05, 4.69) is 10.3 Å². The van der Waals surface area contributed by atoms with E-state index in [1.807, 2.05) is 0 Å². The number of alkyl halides is 3. The van der Waals surface area contributed by atoms with E-state index in [0.717, 1.165) is 25.8 Å². The van der Waals surface area contributed by atoms with E-state index in [0.29, 0.717) is 11.9 Å².